The molecule has 7 atom stereocenters. The zero-order chi connectivity index (χ0) is 22.2. The summed E-state index contributed by atoms with van der Waals surface area (Å²) in [4.78, 5) is 0. The average molecular weight is 455 g/mol. The van der Waals surface area contributed by atoms with Crippen molar-refractivity contribution in [3.8, 4) is 0 Å². The Hall–Kier alpha value is -1.22. The molecule has 0 aromatic heterocycles. The molecule has 0 bridgehead atoms. The van der Waals surface area contributed by atoms with E-state index in [4.69, 9.17) is 23.2 Å². The molecule has 2 aliphatic rings. The summed E-state index contributed by atoms with van der Waals surface area (Å²) >= 11 is 12.2. The summed E-state index contributed by atoms with van der Waals surface area (Å²) in [5.74, 6) is -2.36. The predicted molar refractivity (Wildman–Crippen MR) is 112 cm³/mol. The number of aliphatic hydroxyl groups is 6. The maximum absolute atomic E-state index is 11.6. The highest BCUT2D eigenvalue weighted by atomic mass is 35.5. The minimum Gasteiger partial charge on any atom is -0.394 e. The van der Waals surface area contributed by atoms with Crippen LogP contribution in [0.2, 0.25) is 10.0 Å². The molecule has 162 valence electrons. The van der Waals surface area contributed by atoms with Gasteiger partial charge in [-0.15, -0.1) is 0 Å². The van der Waals surface area contributed by atoms with E-state index in [0.29, 0.717) is 32.3 Å². The number of hydrogen-bond donors (Lipinski definition) is 6. The summed E-state index contributed by atoms with van der Waals surface area (Å²) in [5, 5.41) is 66.6. The molecule has 0 aliphatic heterocycles. The third-order valence-electron chi connectivity index (χ3n) is 7.06. The van der Waals surface area contributed by atoms with Crippen LogP contribution in [0, 0.1) is 13.8 Å². The molecular weight excluding hydrogens is 431 g/mol. The first-order valence-electron chi connectivity index (χ1n) is 9.62. The second-order valence-electron chi connectivity index (χ2n) is 8.49. The van der Waals surface area contributed by atoms with Crippen molar-refractivity contribution in [2.24, 2.45) is 0 Å². The van der Waals surface area contributed by atoms with Crippen molar-refractivity contribution in [3.63, 3.8) is 0 Å². The van der Waals surface area contributed by atoms with Gasteiger partial charge in [0.2, 0.25) is 0 Å². The molecule has 30 heavy (non-hydrogen) atoms. The lowest BCUT2D eigenvalue weighted by molar-refractivity contribution is -0.459. The van der Waals surface area contributed by atoms with Crippen LogP contribution >= 0.6 is 23.2 Å². The maximum atomic E-state index is 11.6. The van der Waals surface area contributed by atoms with Crippen molar-refractivity contribution in [1.29, 1.82) is 0 Å². The van der Waals surface area contributed by atoms with E-state index >= 15 is 0 Å². The molecule has 0 saturated heterocycles. The predicted octanol–water partition coefficient (Wildman–Crippen LogP) is 1.41. The van der Waals surface area contributed by atoms with Gasteiger partial charge in [-0.25, -0.2) is 0 Å². The van der Waals surface area contributed by atoms with Crippen LogP contribution in [0.1, 0.15) is 34.1 Å². The van der Waals surface area contributed by atoms with Gasteiger partial charge < -0.3 is 30.6 Å². The molecule has 2 aromatic carbocycles. The van der Waals surface area contributed by atoms with Crippen LogP contribution in [0.15, 0.2) is 36.4 Å². The summed E-state index contributed by atoms with van der Waals surface area (Å²) in [5.41, 5.74) is -4.59. The van der Waals surface area contributed by atoms with Crippen LogP contribution < -0.4 is 0 Å². The lowest BCUT2D eigenvalue weighted by atomic mass is 9.30. The fourth-order valence-electron chi connectivity index (χ4n) is 5.53. The molecule has 0 amide bonds. The van der Waals surface area contributed by atoms with Crippen molar-refractivity contribution in [1.82, 2.24) is 0 Å². The second-order valence-corrected chi connectivity index (χ2v) is 9.30. The molecule has 2 aliphatic carbocycles. The fraction of sp³-hybridized carbons (Fsp3) is 0.455. The minimum absolute atomic E-state index is 0.379. The van der Waals surface area contributed by atoms with Gasteiger partial charge in [-0.2, -0.15) is 0 Å². The van der Waals surface area contributed by atoms with Gasteiger partial charge >= 0.3 is 0 Å². The van der Waals surface area contributed by atoms with Crippen LogP contribution in [0.3, 0.4) is 0 Å². The zero-order valence-corrected chi connectivity index (χ0v) is 17.9. The van der Waals surface area contributed by atoms with E-state index in [1.54, 1.807) is 50.2 Å². The number of halogens is 2. The average Bonchev–Trinajstić information content (AvgIpc) is 2.72. The third kappa shape index (κ3) is 2.36. The van der Waals surface area contributed by atoms with Crippen LogP contribution in [0.5, 0.6) is 0 Å². The first kappa shape index (κ1) is 22.0. The Morgan fingerprint density at radius 1 is 0.933 bits per heavy atom. The number of benzene rings is 2. The van der Waals surface area contributed by atoms with E-state index in [9.17, 15) is 30.6 Å². The molecule has 0 radical (unpaired) electrons. The van der Waals surface area contributed by atoms with Crippen molar-refractivity contribution in [3.05, 3.63) is 68.7 Å². The Morgan fingerprint density at radius 2 is 1.43 bits per heavy atom. The first-order valence-corrected chi connectivity index (χ1v) is 10.4. The zero-order valence-electron chi connectivity index (χ0n) is 16.4. The second kappa shape index (κ2) is 6.89. The van der Waals surface area contributed by atoms with Gasteiger partial charge in [-0.3, -0.25) is 0 Å². The Morgan fingerprint density at radius 3 is 1.93 bits per heavy atom. The molecular formula is C22H24Cl2O6. The normalized spacial score (nSPS) is 38.4. The highest BCUT2D eigenvalue weighted by Crippen LogP contribution is 2.75. The lowest BCUT2D eigenvalue weighted by Crippen LogP contribution is -2.99. The summed E-state index contributed by atoms with van der Waals surface area (Å²) < 4.78 is 0. The largest absolute Gasteiger partial charge is 0.394 e. The van der Waals surface area contributed by atoms with E-state index in [1.807, 2.05) is 0 Å². The molecule has 2 saturated carbocycles. The van der Waals surface area contributed by atoms with E-state index < -0.39 is 47.5 Å². The number of rotatable bonds is 4. The Kier molecular flexibility index (Phi) is 5.05. The van der Waals surface area contributed by atoms with E-state index in [-0.39, 0.29) is 0 Å². The number of fused-ring (bicyclic) bond motifs is 1. The van der Waals surface area contributed by atoms with Crippen molar-refractivity contribution in [2.75, 3.05) is 6.61 Å². The fourth-order valence-corrected chi connectivity index (χ4v) is 5.76. The Bertz CT molecular complexity index is 1010. The standard InChI is InChI=1S/C22H24Cl2O6/c1-10-7-12(3-5-14(10)23)17-19(27)21(29)18(13-4-6-15(24)11(2)8-13)20(28,16(26)9-25)22(17,21)30/h3-8,16-19,25-30H,9H2,1-2H3/t16-,17?,18?,19?,20+,21+,22+/m1/s1. The van der Waals surface area contributed by atoms with Gasteiger partial charge in [0.1, 0.15) is 22.9 Å². The van der Waals surface area contributed by atoms with Gasteiger partial charge in [-0.1, -0.05) is 47.5 Å². The Balaban J connectivity index is 1.87. The summed E-state index contributed by atoms with van der Waals surface area (Å²) in [7, 11) is 0. The number of aliphatic hydroxyl groups excluding tert-OH is 3. The molecule has 0 spiro atoms. The van der Waals surface area contributed by atoms with Crippen molar-refractivity contribution < 1.29 is 30.6 Å². The Labute approximate surface area is 183 Å². The molecule has 6 N–H and O–H groups in total. The summed E-state index contributed by atoms with van der Waals surface area (Å²) in [6, 6.07) is 9.58. The number of hydrogen-bond acceptors (Lipinski definition) is 6. The maximum Gasteiger partial charge on any atom is 0.138 e. The third-order valence-corrected chi connectivity index (χ3v) is 7.90. The first-order chi connectivity index (χ1) is 14.0. The topological polar surface area (TPSA) is 121 Å². The molecule has 3 unspecified atom stereocenters. The molecule has 2 fully saturated rings. The van der Waals surface area contributed by atoms with Crippen molar-refractivity contribution >= 4 is 23.2 Å². The number of aryl methyl sites for hydroxylation is 2. The van der Waals surface area contributed by atoms with Gasteiger partial charge in [-0.05, 0) is 48.2 Å². The monoisotopic (exact) mass is 454 g/mol. The van der Waals surface area contributed by atoms with Crippen LogP contribution in [0.25, 0.3) is 0 Å². The van der Waals surface area contributed by atoms with Crippen LogP contribution in [-0.4, -0.2) is 66.3 Å². The van der Waals surface area contributed by atoms with Gasteiger partial charge in [0, 0.05) is 16.0 Å². The van der Waals surface area contributed by atoms with Gasteiger partial charge in [0.05, 0.1) is 18.6 Å². The molecule has 6 nitrogen and oxygen atoms in total. The molecule has 4 rings (SSSR count). The molecule has 8 heteroatoms. The van der Waals surface area contributed by atoms with Gasteiger partial charge in [0.15, 0.2) is 0 Å². The van der Waals surface area contributed by atoms with Crippen molar-refractivity contribution in [2.45, 2.75) is 54.7 Å². The van der Waals surface area contributed by atoms with E-state index in [0.717, 1.165) is 0 Å². The molecule has 2 aromatic rings. The van der Waals surface area contributed by atoms with Crippen LogP contribution in [-0.2, 0) is 0 Å². The van der Waals surface area contributed by atoms with E-state index in [2.05, 4.69) is 0 Å². The molecule has 0 heterocycles. The van der Waals surface area contributed by atoms with Gasteiger partial charge in [0.25, 0.3) is 0 Å². The summed E-state index contributed by atoms with van der Waals surface area (Å²) in [6.45, 7) is 2.64. The summed E-state index contributed by atoms with van der Waals surface area (Å²) in [6.07, 6.45) is -3.21. The lowest BCUT2D eigenvalue weighted by Gasteiger charge is -2.80. The highest BCUT2D eigenvalue weighted by Gasteiger charge is 2.93. The SMILES string of the molecule is Cc1cc(C2C(O)[C@@]3(O)C(c4ccc(Cl)c(C)c4)[C@@](O)([C@H](O)CO)[C@@]23O)ccc1Cl. The minimum atomic E-state index is -2.33. The van der Waals surface area contributed by atoms with Crippen LogP contribution in [0.4, 0.5) is 0 Å². The smallest absolute Gasteiger partial charge is 0.138 e. The quantitative estimate of drug-likeness (QED) is 0.415. The van der Waals surface area contributed by atoms with E-state index in [1.165, 1.54) is 0 Å². The highest BCUT2D eigenvalue weighted by molar-refractivity contribution is 6.31.